The van der Waals surface area contributed by atoms with Gasteiger partial charge in [-0.15, -0.1) is 11.3 Å². The highest BCUT2D eigenvalue weighted by molar-refractivity contribution is 7.19. The van der Waals surface area contributed by atoms with Crippen LogP contribution in [0.2, 0.25) is 5.02 Å². The van der Waals surface area contributed by atoms with Crippen LogP contribution >= 0.6 is 22.9 Å². The van der Waals surface area contributed by atoms with Crippen LogP contribution < -0.4 is 0 Å². The van der Waals surface area contributed by atoms with Crippen LogP contribution in [0.15, 0.2) is 24.3 Å². The molecule has 0 amide bonds. The van der Waals surface area contributed by atoms with Gasteiger partial charge >= 0.3 is 0 Å². The first-order valence-electron chi connectivity index (χ1n) is 5.98. The number of benzene rings is 1. The van der Waals surface area contributed by atoms with Gasteiger partial charge in [-0.05, 0) is 31.0 Å². The molecule has 0 aliphatic heterocycles. The van der Waals surface area contributed by atoms with Crippen molar-refractivity contribution in [2.45, 2.75) is 39.0 Å². The Morgan fingerprint density at radius 3 is 2.81 bits per heavy atom. The van der Waals surface area contributed by atoms with E-state index in [2.05, 4.69) is 19.1 Å². The molecule has 1 aromatic heterocycles. The summed E-state index contributed by atoms with van der Waals surface area (Å²) in [6.07, 6.45) is 6.51. The summed E-state index contributed by atoms with van der Waals surface area (Å²) < 4.78 is 1.32. The van der Waals surface area contributed by atoms with Gasteiger partial charge in [-0.1, -0.05) is 43.9 Å². The Morgan fingerprint density at radius 1 is 1.19 bits per heavy atom. The molecule has 0 saturated carbocycles. The third-order valence-electron chi connectivity index (χ3n) is 2.84. The fourth-order valence-corrected chi connectivity index (χ4v) is 3.34. The largest absolute Gasteiger partial charge is 0.140 e. The topological polar surface area (TPSA) is 0 Å². The molecular weight excluding hydrogens is 236 g/mol. The van der Waals surface area contributed by atoms with Crippen LogP contribution in [0.1, 0.15) is 37.5 Å². The van der Waals surface area contributed by atoms with Crippen molar-refractivity contribution in [3.63, 3.8) is 0 Å². The molecule has 0 bridgehead atoms. The smallest absolute Gasteiger partial charge is 0.0492 e. The zero-order valence-corrected chi connectivity index (χ0v) is 11.2. The highest BCUT2D eigenvalue weighted by Gasteiger charge is 2.04. The van der Waals surface area contributed by atoms with Crippen molar-refractivity contribution in [3.8, 4) is 0 Å². The second-order valence-electron chi connectivity index (χ2n) is 4.18. The van der Waals surface area contributed by atoms with Crippen molar-refractivity contribution >= 4 is 33.0 Å². The summed E-state index contributed by atoms with van der Waals surface area (Å²) in [5, 5.41) is 2.10. The van der Waals surface area contributed by atoms with Crippen molar-refractivity contribution in [3.05, 3.63) is 34.2 Å². The zero-order valence-electron chi connectivity index (χ0n) is 9.63. The number of halogens is 1. The van der Waals surface area contributed by atoms with Gasteiger partial charge in [0.2, 0.25) is 0 Å². The van der Waals surface area contributed by atoms with Gasteiger partial charge in [-0.2, -0.15) is 0 Å². The minimum absolute atomic E-state index is 0.883. The van der Waals surface area contributed by atoms with E-state index in [1.165, 1.54) is 47.1 Å². The highest BCUT2D eigenvalue weighted by atomic mass is 35.5. The van der Waals surface area contributed by atoms with Gasteiger partial charge in [-0.3, -0.25) is 0 Å². The zero-order chi connectivity index (χ0) is 11.4. The maximum absolute atomic E-state index is 6.16. The second-order valence-corrected chi connectivity index (χ2v) is 5.75. The van der Waals surface area contributed by atoms with E-state index in [4.69, 9.17) is 11.6 Å². The SMILES string of the molecule is CCCCCCc1cc2c(Cl)cccc2s1. The first-order valence-corrected chi connectivity index (χ1v) is 7.17. The maximum atomic E-state index is 6.16. The van der Waals surface area contributed by atoms with E-state index in [9.17, 15) is 0 Å². The summed E-state index contributed by atoms with van der Waals surface area (Å²) in [4.78, 5) is 1.47. The fourth-order valence-electron chi connectivity index (χ4n) is 1.93. The molecule has 2 rings (SSSR count). The van der Waals surface area contributed by atoms with Gasteiger partial charge in [0, 0.05) is 20.0 Å². The van der Waals surface area contributed by atoms with E-state index in [0.29, 0.717) is 0 Å². The summed E-state index contributed by atoms with van der Waals surface area (Å²) in [6, 6.07) is 8.41. The van der Waals surface area contributed by atoms with E-state index in [0.717, 1.165) is 5.02 Å². The van der Waals surface area contributed by atoms with Gasteiger partial charge < -0.3 is 0 Å². The molecule has 0 spiro atoms. The molecule has 2 aromatic rings. The molecular formula is C14H17ClS. The Kier molecular flexibility index (Phi) is 4.25. The Morgan fingerprint density at radius 2 is 2.06 bits per heavy atom. The number of thiophene rings is 1. The Hall–Kier alpha value is -0.530. The molecule has 0 aliphatic carbocycles. The average Bonchev–Trinajstić information content (AvgIpc) is 2.69. The molecule has 2 heteroatoms. The van der Waals surface area contributed by atoms with Crippen LogP contribution in [-0.2, 0) is 6.42 Å². The van der Waals surface area contributed by atoms with Crippen molar-refractivity contribution < 1.29 is 0 Å². The summed E-state index contributed by atoms with van der Waals surface area (Å²) >= 11 is 8.05. The predicted octanol–water partition coefficient (Wildman–Crippen LogP) is 5.68. The molecule has 1 heterocycles. The molecule has 0 N–H and O–H groups in total. The van der Waals surface area contributed by atoms with Gasteiger partial charge in [-0.25, -0.2) is 0 Å². The predicted molar refractivity (Wildman–Crippen MR) is 74.7 cm³/mol. The fraction of sp³-hybridized carbons (Fsp3) is 0.429. The molecule has 0 fully saturated rings. The molecule has 86 valence electrons. The lowest BCUT2D eigenvalue weighted by atomic mass is 10.1. The molecule has 0 nitrogen and oxygen atoms in total. The van der Waals surface area contributed by atoms with E-state index in [1.54, 1.807) is 0 Å². The molecule has 16 heavy (non-hydrogen) atoms. The van der Waals surface area contributed by atoms with E-state index < -0.39 is 0 Å². The molecule has 0 aliphatic rings. The summed E-state index contributed by atoms with van der Waals surface area (Å²) in [5.41, 5.74) is 0. The lowest BCUT2D eigenvalue weighted by Gasteiger charge is -1.96. The number of fused-ring (bicyclic) bond motifs is 1. The minimum Gasteiger partial charge on any atom is -0.140 e. The average molecular weight is 253 g/mol. The summed E-state index contributed by atoms with van der Waals surface area (Å²) in [7, 11) is 0. The number of hydrogen-bond acceptors (Lipinski definition) is 1. The highest BCUT2D eigenvalue weighted by Crippen LogP contribution is 2.31. The van der Waals surface area contributed by atoms with Crippen LogP contribution in [0.3, 0.4) is 0 Å². The molecule has 0 radical (unpaired) electrons. The molecule has 0 saturated heterocycles. The van der Waals surface area contributed by atoms with Crippen molar-refractivity contribution in [1.29, 1.82) is 0 Å². The third kappa shape index (κ3) is 2.78. The van der Waals surface area contributed by atoms with E-state index >= 15 is 0 Å². The Balaban J connectivity index is 2.05. The number of rotatable bonds is 5. The van der Waals surface area contributed by atoms with Gasteiger partial charge in [0.1, 0.15) is 0 Å². The first kappa shape index (κ1) is 11.9. The number of unbranched alkanes of at least 4 members (excludes halogenated alkanes) is 3. The van der Waals surface area contributed by atoms with Crippen molar-refractivity contribution in [2.75, 3.05) is 0 Å². The van der Waals surface area contributed by atoms with Crippen LogP contribution in [0.4, 0.5) is 0 Å². The van der Waals surface area contributed by atoms with Crippen molar-refractivity contribution in [2.24, 2.45) is 0 Å². The van der Waals surface area contributed by atoms with Crippen LogP contribution in [0, 0.1) is 0 Å². The molecule has 0 atom stereocenters. The molecule has 0 unspecified atom stereocenters. The Bertz CT molecular complexity index is 459. The molecule has 1 aromatic carbocycles. The number of hydrogen-bond donors (Lipinski definition) is 0. The Labute approximate surface area is 106 Å². The lowest BCUT2D eigenvalue weighted by Crippen LogP contribution is -1.80. The normalized spacial score (nSPS) is 11.1. The quantitative estimate of drug-likeness (QED) is 0.601. The first-order chi connectivity index (χ1) is 7.81. The summed E-state index contributed by atoms with van der Waals surface area (Å²) in [5.74, 6) is 0. The van der Waals surface area contributed by atoms with Gasteiger partial charge in [0.05, 0.1) is 0 Å². The van der Waals surface area contributed by atoms with Crippen LogP contribution in [0.5, 0.6) is 0 Å². The monoisotopic (exact) mass is 252 g/mol. The summed E-state index contributed by atoms with van der Waals surface area (Å²) in [6.45, 7) is 2.25. The maximum Gasteiger partial charge on any atom is 0.0492 e. The van der Waals surface area contributed by atoms with E-state index in [-0.39, 0.29) is 0 Å². The number of aryl methyl sites for hydroxylation is 1. The van der Waals surface area contributed by atoms with Crippen LogP contribution in [-0.4, -0.2) is 0 Å². The van der Waals surface area contributed by atoms with Crippen molar-refractivity contribution in [1.82, 2.24) is 0 Å². The van der Waals surface area contributed by atoms with Gasteiger partial charge in [0.15, 0.2) is 0 Å². The standard InChI is InChI=1S/C14H17ClS/c1-2-3-4-5-7-11-10-12-13(15)8-6-9-14(12)16-11/h6,8-10H,2-5,7H2,1H3. The third-order valence-corrected chi connectivity index (χ3v) is 4.33. The van der Waals surface area contributed by atoms with Crippen LogP contribution in [0.25, 0.3) is 10.1 Å². The second kappa shape index (κ2) is 5.70. The lowest BCUT2D eigenvalue weighted by molar-refractivity contribution is 0.670. The van der Waals surface area contributed by atoms with Gasteiger partial charge in [0.25, 0.3) is 0 Å². The minimum atomic E-state index is 0.883. The van der Waals surface area contributed by atoms with E-state index in [1.807, 2.05) is 23.5 Å².